The molecule has 2 N–H and O–H groups in total. The molecule has 0 saturated carbocycles. The first-order valence-corrected chi connectivity index (χ1v) is 8.00. The summed E-state index contributed by atoms with van der Waals surface area (Å²) in [6, 6.07) is 8.43. The molecule has 1 atom stereocenters. The van der Waals surface area contributed by atoms with Crippen molar-refractivity contribution in [3.8, 4) is 0 Å². The molecule has 2 rings (SSSR count). The number of β-amino-alcohol motifs (C(OH)–C–C–N with tert-alkyl or cyclic N) is 1. The number of hydrogen-bond acceptors (Lipinski definition) is 4. The Hall–Kier alpha value is -1.43. The predicted octanol–water partition coefficient (Wildman–Crippen LogP) is 0.948. The first-order chi connectivity index (χ1) is 10.7. The average molecular weight is 306 g/mol. The monoisotopic (exact) mass is 306 g/mol. The van der Waals surface area contributed by atoms with E-state index in [0.717, 1.165) is 19.5 Å². The number of carbonyl (C=O) groups is 1. The van der Waals surface area contributed by atoms with Crippen molar-refractivity contribution in [2.24, 2.45) is 0 Å². The zero-order valence-electron chi connectivity index (χ0n) is 13.3. The Bertz CT molecular complexity index is 479. The van der Waals surface area contributed by atoms with Crippen LogP contribution in [0.5, 0.6) is 0 Å². The van der Waals surface area contributed by atoms with E-state index in [1.165, 1.54) is 11.1 Å². The van der Waals surface area contributed by atoms with E-state index in [2.05, 4.69) is 34.5 Å². The maximum Gasteiger partial charge on any atom is 0.222 e. The Balaban J connectivity index is 1.67. The van der Waals surface area contributed by atoms with Crippen molar-refractivity contribution in [1.82, 2.24) is 10.2 Å². The maximum atomic E-state index is 11.6. The van der Waals surface area contributed by atoms with Crippen LogP contribution in [0.25, 0.3) is 0 Å². The quantitative estimate of drug-likeness (QED) is 0.702. The summed E-state index contributed by atoms with van der Waals surface area (Å²) in [5, 5.41) is 12.8. The van der Waals surface area contributed by atoms with Crippen molar-refractivity contribution < 1.29 is 14.6 Å². The molecule has 0 bridgehead atoms. The number of aliphatic hydroxyl groups is 1. The summed E-state index contributed by atoms with van der Waals surface area (Å²) < 4.78 is 5.13. The van der Waals surface area contributed by atoms with Gasteiger partial charge in [-0.25, -0.2) is 0 Å². The fourth-order valence-corrected chi connectivity index (χ4v) is 2.70. The van der Waals surface area contributed by atoms with Crippen molar-refractivity contribution >= 4 is 5.91 Å². The van der Waals surface area contributed by atoms with E-state index in [9.17, 15) is 9.90 Å². The molecule has 22 heavy (non-hydrogen) atoms. The Morgan fingerprint density at radius 1 is 1.41 bits per heavy atom. The van der Waals surface area contributed by atoms with Crippen LogP contribution < -0.4 is 5.32 Å². The van der Waals surface area contributed by atoms with Crippen LogP contribution in [0.1, 0.15) is 24.5 Å². The van der Waals surface area contributed by atoms with E-state index >= 15 is 0 Å². The van der Waals surface area contributed by atoms with Gasteiger partial charge in [0.1, 0.15) is 0 Å². The van der Waals surface area contributed by atoms with Crippen LogP contribution >= 0.6 is 0 Å². The third kappa shape index (κ3) is 5.40. The molecule has 1 aromatic rings. The van der Waals surface area contributed by atoms with Gasteiger partial charge in [-0.1, -0.05) is 24.3 Å². The number of hydrogen-bond donors (Lipinski definition) is 2. The van der Waals surface area contributed by atoms with Crippen LogP contribution in [-0.4, -0.2) is 54.9 Å². The van der Waals surface area contributed by atoms with Crippen molar-refractivity contribution in [1.29, 1.82) is 0 Å². The van der Waals surface area contributed by atoms with Crippen molar-refractivity contribution in [2.75, 3.05) is 32.8 Å². The SMILES string of the molecule is CCOCCC(=O)NCC(O)CN1CCc2ccccc2C1. The molecule has 0 aliphatic carbocycles. The highest BCUT2D eigenvalue weighted by Crippen LogP contribution is 2.18. The number of ether oxygens (including phenoxy) is 1. The first kappa shape index (κ1) is 16.9. The van der Waals surface area contributed by atoms with E-state index in [1.54, 1.807) is 0 Å². The summed E-state index contributed by atoms with van der Waals surface area (Å²) in [6.45, 7) is 5.65. The van der Waals surface area contributed by atoms with E-state index in [1.807, 2.05) is 6.92 Å². The van der Waals surface area contributed by atoms with Crippen LogP contribution in [0.15, 0.2) is 24.3 Å². The van der Waals surface area contributed by atoms with Crippen LogP contribution in [0.2, 0.25) is 0 Å². The minimum Gasteiger partial charge on any atom is -0.390 e. The van der Waals surface area contributed by atoms with Crippen LogP contribution in [0.4, 0.5) is 0 Å². The standard InChI is InChI=1S/C17H26N2O3/c1-2-22-10-8-17(21)18-11-16(20)13-19-9-7-14-5-3-4-6-15(14)12-19/h3-6,16,20H,2,7-13H2,1H3,(H,18,21). The van der Waals surface area contributed by atoms with Gasteiger partial charge in [-0.05, 0) is 24.5 Å². The molecule has 1 aromatic carbocycles. The number of aliphatic hydroxyl groups excluding tert-OH is 1. The second-order valence-electron chi connectivity index (χ2n) is 5.66. The molecule has 5 heteroatoms. The van der Waals surface area contributed by atoms with E-state index in [-0.39, 0.29) is 5.91 Å². The third-order valence-electron chi connectivity index (χ3n) is 3.89. The molecule has 0 aromatic heterocycles. The van der Waals surface area contributed by atoms with Gasteiger partial charge >= 0.3 is 0 Å². The number of rotatable bonds is 8. The number of amides is 1. The Labute approximate surface area is 132 Å². The zero-order chi connectivity index (χ0) is 15.8. The van der Waals surface area contributed by atoms with Gasteiger partial charge in [0.25, 0.3) is 0 Å². The molecule has 1 aliphatic rings. The van der Waals surface area contributed by atoms with Gasteiger partial charge in [-0.15, -0.1) is 0 Å². The summed E-state index contributed by atoms with van der Waals surface area (Å²) in [4.78, 5) is 13.8. The van der Waals surface area contributed by atoms with Gasteiger partial charge in [0, 0.05) is 39.2 Å². The molecule has 1 amide bonds. The van der Waals surface area contributed by atoms with Gasteiger partial charge < -0.3 is 15.2 Å². The summed E-state index contributed by atoms with van der Waals surface area (Å²) >= 11 is 0. The molecule has 122 valence electrons. The molecular weight excluding hydrogens is 280 g/mol. The maximum absolute atomic E-state index is 11.6. The van der Waals surface area contributed by atoms with Crippen LogP contribution in [0.3, 0.4) is 0 Å². The summed E-state index contributed by atoms with van der Waals surface area (Å²) in [6.07, 6.45) is 0.822. The second-order valence-corrected chi connectivity index (χ2v) is 5.66. The largest absolute Gasteiger partial charge is 0.390 e. The lowest BCUT2D eigenvalue weighted by Crippen LogP contribution is -2.42. The lowest BCUT2D eigenvalue weighted by molar-refractivity contribution is -0.122. The fraction of sp³-hybridized carbons (Fsp3) is 0.588. The molecule has 0 saturated heterocycles. The Morgan fingerprint density at radius 2 is 2.18 bits per heavy atom. The Morgan fingerprint density at radius 3 is 2.95 bits per heavy atom. The lowest BCUT2D eigenvalue weighted by Gasteiger charge is -2.30. The zero-order valence-corrected chi connectivity index (χ0v) is 13.3. The number of nitrogens with zero attached hydrogens (tertiary/aromatic N) is 1. The highest BCUT2D eigenvalue weighted by Gasteiger charge is 2.18. The summed E-state index contributed by atoms with van der Waals surface area (Å²) in [7, 11) is 0. The molecule has 1 unspecified atom stereocenters. The van der Waals surface area contributed by atoms with E-state index < -0.39 is 6.10 Å². The molecular formula is C17H26N2O3. The van der Waals surface area contributed by atoms with Gasteiger partial charge in [0.05, 0.1) is 12.7 Å². The predicted molar refractivity (Wildman–Crippen MR) is 85.5 cm³/mol. The lowest BCUT2D eigenvalue weighted by atomic mass is 10.00. The third-order valence-corrected chi connectivity index (χ3v) is 3.89. The molecule has 5 nitrogen and oxygen atoms in total. The molecule has 0 spiro atoms. The molecule has 0 fully saturated rings. The number of carbonyl (C=O) groups excluding carboxylic acids is 1. The minimum atomic E-state index is -0.540. The number of nitrogens with one attached hydrogen (secondary N) is 1. The van der Waals surface area contributed by atoms with Gasteiger partial charge in [-0.2, -0.15) is 0 Å². The van der Waals surface area contributed by atoms with Gasteiger partial charge in [0.2, 0.25) is 5.91 Å². The normalized spacial score (nSPS) is 16.1. The van der Waals surface area contributed by atoms with E-state index in [4.69, 9.17) is 4.74 Å². The topological polar surface area (TPSA) is 61.8 Å². The average Bonchev–Trinajstić information content (AvgIpc) is 2.53. The summed E-state index contributed by atoms with van der Waals surface area (Å²) in [5.41, 5.74) is 2.74. The number of fused-ring (bicyclic) bond motifs is 1. The van der Waals surface area contributed by atoms with Crippen LogP contribution in [-0.2, 0) is 22.5 Å². The Kier molecular flexibility index (Phi) is 6.83. The van der Waals surface area contributed by atoms with Gasteiger partial charge in [0.15, 0.2) is 0 Å². The highest BCUT2D eigenvalue weighted by molar-refractivity contribution is 5.75. The van der Waals surface area contributed by atoms with Crippen molar-refractivity contribution in [2.45, 2.75) is 32.4 Å². The highest BCUT2D eigenvalue weighted by atomic mass is 16.5. The van der Waals surface area contributed by atoms with E-state index in [0.29, 0.717) is 32.7 Å². The fourth-order valence-electron chi connectivity index (χ4n) is 2.70. The smallest absolute Gasteiger partial charge is 0.222 e. The second kappa shape index (κ2) is 8.88. The molecule has 1 heterocycles. The molecule has 0 radical (unpaired) electrons. The van der Waals surface area contributed by atoms with Gasteiger partial charge in [-0.3, -0.25) is 9.69 Å². The molecule has 1 aliphatic heterocycles. The minimum absolute atomic E-state index is 0.0727. The summed E-state index contributed by atoms with van der Waals surface area (Å²) in [5.74, 6) is -0.0727. The van der Waals surface area contributed by atoms with Crippen molar-refractivity contribution in [3.63, 3.8) is 0 Å². The van der Waals surface area contributed by atoms with Crippen LogP contribution in [0, 0.1) is 0 Å². The van der Waals surface area contributed by atoms with Crippen molar-refractivity contribution in [3.05, 3.63) is 35.4 Å². The number of benzene rings is 1. The first-order valence-electron chi connectivity index (χ1n) is 8.00.